The summed E-state index contributed by atoms with van der Waals surface area (Å²) in [5.41, 5.74) is 1.86. The van der Waals surface area contributed by atoms with Gasteiger partial charge in [-0.3, -0.25) is 4.57 Å². The maximum absolute atomic E-state index is 13.1. The minimum atomic E-state index is -3.78. The fourth-order valence-electron chi connectivity index (χ4n) is 3.86. The summed E-state index contributed by atoms with van der Waals surface area (Å²) in [6.45, 7) is 1.74. The topological polar surface area (TPSA) is 120 Å². The van der Waals surface area contributed by atoms with E-state index in [9.17, 15) is 18.0 Å². The van der Waals surface area contributed by atoms with Crippen LogP contribution in [0.25, 0.3) is 17.1 Å². The van der Waals surface area contributed by atoms with E-state index in [4.69, 9.17) is 14.2 Å². The number of methoxy groups -OCH3 is 1. The van der Waals surface area contributed by atoms with Gasteiger partial charge in [-0.05, 0) is 42.3 Å². The van der Waals surface area contributed by atoms with E-state index in [0.29, 0.717) is 31.7 Å². The van der Waals surface area contributed by atoms with Crippen LogP contribution in [0.1, 0.15) is 12.0 Å². The van der Waals surface area contributed by atoms with Crippen molar-refractivity contribution < 1.29 is 27.4 Å². The molecule has 1 fully saturated rings. The monoisotopic (exact) mass is 501 g/mol. The Kier molecular flexibility index (Phi) is 7.69. The predicted molar refractivity (Wildman–Crippen MR) is 130 cm³/mol. The van der Waals surface area contributed by atoms with Gasteiger partial charge in [-0.1, -0.05) is 18.2 Å². The molecule has 10 nitrogen and oxygen atoms in total. The number of hydrogen-bond donors (Lipinski definition) is 1. The Morgan fingerprint density at radius 1 is 1.17 bits per heavy atom. The van der Waals surface area contributed by atoms with Crippen LogP contribution in [-0.4, -0.2) is 68.3 Å². The van der Waals surface area contributed by atoms with E-state index in [1.807, 2.05) is 24.3 Å². The number of nitrogens with one attached hydrogen (secondary N) is 1. The number of benzene rings is 2. The molecule has 0 unspecified atom stereocenters. The molecule has 0 amide bonds. The van der Waals surface area contributed by atoms with E-state index in [-0.39, 0.29) is 36.0 Å². The zero-order valence-corrected chi connectivity index (χ0v) is 20.1. The second-order valence-corrected chi connectivity index (χ2v) is 9.79. The molecule has 4 rings (SSSR count). The summed E-state index contributed by atoms with van der Waals surface area (Å²) in [5.74, 6) is -0.339. The molecular formula is C24H27N3O7S. The van der Waals surface area contributed by atoms with Gasteiger partial charge >= 0.3 is 11.7 Å². The van der Waals surface area contributed by atoms with Crippen molar-refractivity contribution >= 4 is 33.1 Å². The molecule has 186 valence electrons. The van der Waals surface area contributed by atoms with Gasteiger partial charge in [-0.15, -0.1) is 0 Å². The van der Waals surface area contributed by atoms with Gasteiger partial charge in [0.1, 0.15) is 10.6 Å². The number of rotatable bonds is 9. The molecule has 1 saturated heterocycles. The van der Waals surface area contributed by atoms with E-state index in [2.05, 4.69) is 4.98 Å². The summed E-state index contributed by atoms with van der Waals surface area (Å²) < 4.78 is 44.9. The molecule has 1 aliphatic heterocycles. The molecule has 0 radical (unpaired) electrons. The number of fused-ring (bicyclic) bond motifs is 1. The Balaban J connectivity index is 1.36. The van der Waals surface area contributed by atoms with Crippen molar-refractivity contribution in [1.82, 2.24) is 13.9 Å². The Hall–Kier alpha value is -3.41. The maximum atomic E-state index is 13.1. The highest BCUT2D eigenvalue weighted by atomic mass is 32.2. The number of nitrogens with zero attached hydrogens (tertiary/aromatic N) is 2. The Morgan fingerprint density at radius 3 is 2.71 bits per heavy atom. The number of esters is 1. The Bertz CT molecular complexity index is 1390. The lowest BCUT2D eigenvalue weighted by atomic mass is 10.2. The molecular weight excluding hydrogens is 474 g/mol. The number of carbonyl (C=O) groups is 1. The average Bonchev–Trinajstić information content (AvgIpc) is 3.20. The number of aryl methyl sites for hydroxylation is 1. The summed E-state index contributed by atoms with van der Waals surface area (Å²) in [4.78, 5) is 27.1. The molecule has 0 aliphatic carbocycles. The van der Waals surface area contributed by atoms with Crippen LogP contribution in [0.4, 0.5) is 0 Å². The highest BCUT2D eigenvalue weighted by molar-refractivity contribution is 7.89. The van der Waals surface area contributed by atoms with Crippen molar-refractivity contribution in [3.8, 4) is 5.75 Å². The number of para-hydroxylation sites is 2. The molecule has 3 aromatic rings. The number of ether oxygens (including phenoxy) is 3. The fourth-order valence-corrected chi connectivity index (χ4v) is 5.46. The lowest BCUT2D eigenvalue weighted by Gasteiger charge is -2.26. The van der Waals surface area contributed by atoms with E-state index in [1.54, 1.807) is 16.7 Å². The first kappa shape index (κ1) is 24.7. The second kappa shape index (κ2) is 10.9. The minimum Gasteiger partial charge on any atom is -0.495 e. The molecule has 1 N–H and O–H groups in total. The number of imidazole rings is 1. The first-order valence-electron chi connectivity index (χ1n) is 11.2. The van der Waals surface area contributed by atoms with Gasteiger partial charge in [0.2, 0.25) is 10.0 Å². The fraction of sp³-hybridized carbons (Fsp3) is 0.333. The van der Waals surface area contributed by atoms with Crippen LogP contribution in [-0.2, 0) is 30.8 Å². The van der Waals surface area contributed by atoms with Gasteiger partial charge in [-0.25, -0.2) is 18.0 Å². The summed E-state index contributed by atoms with van der Waals surface area (Å²) in [6, 6.07) is 12.1. The number of sulfonamides is 1. The molecule has 0 atom stereocenters. The Labute approximate surface area is 202 Å². The van der Waals surface area contributed by atoms with Crippen LogP contribution >= 0.6 is 0 Å². The van der Waals surface area contributed by atoms with Gasteiger partial charge in [0, 0.05) is 25.7 Å². The standard InChI is InChI=1S/C24H27N3O7S/c1-32-21-9-7-18(17-22(21)35(30,31)26-12-15-33-16-13-26)8-10-23(28)34-14-4-11-27-20-6-3-2-5-19(20)25-24(27)29/h2-3,5-10,17H,4,11-16H2,1H3,(H,25,29)/b10-8+. The van der Waals surface area contributed by atoms with Gasteiger partial charge in [0.25, 0.3) is 0 Å². The summed E-state index contributed by atoms with van der Waals surface area (Å²) >= 11 is 0. The van der Waals surface area contributed by atoms with E-state index < -0.39 is 16.0 Å². The zero-order valence-electron chi connectivity index (χ0n) is 19.3. The van der Waals surface area contributed by atoms with Gasteiger partial charge in [-0.2, -0.15) is 4.31 Å². The molecule has 0 spiro atoms. The number of aromatic amines is 1. The van der Waals surface area contributed by atoms with Crippen LogP contribution in [0, 0.1) is 0 Å². The molecule has 11 heteroatoms. The van der Waals surface area contributed by atoms with Crippen LogP contribution in [0.3, 0.4) is 0 Å². The van der Waals surface area contributed by atoms with Crippen molar-refractivity contribution in [1.29, 1.82) is 0 Å². The van der Waals surface area contributed by atoms with E-state index in [0.717, 1.165) is 11.0 Å². The van der Waals surface area contributed by atoms with Crippen LogP contribution < -0.4 is 10.4 Å². The van der Waals surface area contributed by atoms with Crippen molar-refractivity contribution in [2.24, 2.45) is 0 Å². The minimum absolute atomic E-state index is 0.0292. The van der Waals surface area contributed by atoms with Crippen molar-refractivity contribution in [3.63, 3.8) is 0 Å². The quantitative estimate of drug-likeness (QED) is 0.271. The van der Waals surface area contributed by atoms with Crippen molar-refractivity contribution in [3.05, 3.63) is 64.6 Å². The van der Waals surface area contributed by atoms with Gasteiger partial charge < -0.3 is 19.2 Å². The van der Waals surface area contributed by atoms with Crippen LogP contribution in [0.5, 0.6) is 5.75 Å². The molecule has 35 heavy (non-hydrogen) atoms. The second-order valence-electron chi connectivity index (χ2n) is 7.88. The van der Waals surface area contributed by atoms with Crippen LogP contribution in [0.2, 0.25) is 0 Å². The largest absolute Gasteiger partial charge is 0.495 e. The molecule has 2 aromatic carbocycles. The van der Waals surface area contributed by atoms with E-state index >= 15 is 0 Å². The SMILES string of the molecule is COc1ccc(/C=C/C(=O)OCCCn2c(=O)[nH]c3ccccc32)cc1S(=O)(=O)N1CCOCC1. The van der Waals surface area contributed by atoms with Crippen molar-refractivity contribution in [2.45, 2.75) is 17.9 Å². The maximum Gasteiger partial charge on any atom is 0.330 e. The number of H-pyrrole nitrogens is 1. The summed E-state index contributed by atoms with van der Waals surface area (Å²) in [7, 11) is -2.37. The highest BCUT2D eigenvalue weighted by Crippen LogP contribution is 2.28. The first-order chi connectivity index (χ1) is 16.9. The summed E-state index contributed by atoms with van der Waals surface area (Å²) in [6.07, 6.45) is 3.20. The smallest absolute Gasteiger partial charge is 0.330 e. The third kappa shape index (κ3) is 5.64. The molecule has 2 heterocycles. The Morgan fingerprint density at radius 2 is 1.94 bits per heavy atom. The van der Waals surface area contributed by atoms with Crippen molar-refractivity contribution in [2.75, 3.05) is 40.0 Å². The zero-order chi connectivity index (χ0) is 24.8. The first-order valence-corrected chi connectivity index (χ1v) is 12.6. The average molecular weight is 502 g/mol. The number of aromatic nitrogens is 2. The third-order valence-electron chi connectivity index (χ3n) is 5.64. The highest BCUT2D eigenvalue weighted by Gasteiger charge is 2.29. The molecule has 0 saturated carbocycles. The number of morpholine rings is 1. The van der Waals surface area contributed by atoms with E-state index in [1.165, 1.54) is 29.6 Å². The molecule has 0 bridgehead atoms. The lowest BCUT2D eigenvalue weighted by molar-refractivity contribution is -0.137. The van der Waals surface area contributed by atoms with Gasteiger partial charge in [0.05, 0.1) is 38.0 Å². The predicted octanol–water partition coefficient (Wildman–Crippen LogP) is 2.01. The summed E-state index contributed by atoms with van der Waals surface area (Å²) in [5, 5.41) is 0. The number of carbonyl (C=O) groups excluding carboxylic acids is 1. The lowest BCUT2D eigenvalue weighted by Crippen LogP contribution is -2.40. The molecule has 1 aliphatic rings. The van der Waals surface area contributed by atoms with Gasteiger partial charge in [0.15, 0.2) is 0 Å². The molecule has 1 aromatic heterocycles. The number of hydrogen-bond acceptors (Lipinski definition) is 7. The third-order valence-corrected chi connectivity index (χ3v) is 7.56. The van der Waals surface area contributed by atoms with Crippen LogP contribution in [0.15, 0.2) is 58.2 Å². The normalized spacial score (nSPS) is 15.0.